The molecule has 0 aromatic heterocycles. The first-order valence-corrected chi connectivity index (χ1v) is 14.0. The molecule has 0 atom stereocenters. The van der Waals surface area contributed by atoms with E-state index >= 15 is 0 Å². The fourth-order valence-corrected chi connectivity index (χ4v) is 7.52. The monoisotopic (exact) mass is 550 g/mol. The Bertz CT molecular complexity index is 1590. The molecule has 4 aromatic rings. The normalized spacial score (nSPS) is 17.3. The molecule has 0 fully saturated rings. The third-order valence-corrected chi connectivity index (χ3v) is 8.82. The number of phenols is 2. The quantitative estimate of drug-likeness (QED) is 0.151. The minimum absolute atomic E-state index is 0.00595. The zero-order valence-corrected chi connectivity index (χ0v) is 24.6. The number of hydrogen-bond acceptors (Lipinski definition) is 6. The van der Waals surface area contributed by atoms with E-state index in [-0.39, 0.29) is 27.7 Å². The van der Waals surface area contributed by atoms with Gasteiger partial charge in [0.1, 0.15) is 34.5 Å². The Balaban J connectivity index is 1.53. The fraction of sp³-hybridized carbons (Fsp3) is 0.314. The van der Waals surface area contributed by atoms with Gasteiger partial charge in [0.05, 0.1) is 11.4 Å². The SMILES string of the molecule is Cc1cc(Oc2ccc(N)c(O)c2)c2c(c1)C1(CC2(C)C)CC(C)(C)c2c(Oc3ccc(N)c(O)c3)cc(C)cc21. The molecule has 0 amide bonds. The van der Waals surface area contributed by atoms with Crippen LogP contribution in [0, 0.1) is 13.8 Å². The highest BCUT2D eigenvalue weighted by Crippen LogP contribution is 2.66. The highest BCUT2D eigenvalue weighted by atomic mass is 16.5. The summed E-state index contributed by atoms with van der Waals surface area (Å²) in [5.41, 5.74) is 18.9. The Hall–Kier alpha value is -4.32. The molecular weight excluding hydrogens is 512 g/mol. The van der Waals surface area contributed by atoms with Crippen LogP contribution in [0.1, 0.15) is 73.9 Å². The first kappa shape index (κ1) is 26.9. The van der Waals surface area contributed by atoms with Crippen LogP contribution in [0.4, 0.5) is 11.4 Å². The largest absolute Gasteiger partial charge is 0.506 e. The molecule has 212 valence electrons. The number of anilines is 2. The van der Waals surface area contributed by atoms with Crippen molar-refractivity contribution in [2.45, 2.75) is 70.6 Å². The molecule has 41 heavy (non-hydrogen) atoms. The molecule has 0 unspecified atom stereocenters. The smallest absolute Gasteiger partial charge is 0.142 e. The number of ether oxygens (including phenoxy) is 2. The summed E-state index contributed by atoms with van der Waals surface area (Å²) >= 11 is 0. The number of benzene rings is 4. The van der Waals surface area contributed by atoms with Gasteiger partial charge in [-0.15, -0.1) is 0 Å². The van der Waals surface area contributed by atoms with Crippen LogP contribution >= 0.6 is 0 Å². The van der Waals surface area contributed by atoms with Gasteiger partial charge in [0, 0.05) is 28.7 Å². The van der Waals surface area contributed by atoms with Crippen LogP contribution < -0.4 is 20.9 Å². The number of hydrogen-bond donors (Lipinski definition) is 4. The Labute approximate surface area is 241 Å². The van der Waals surface area contributed by atoms with Gasteiger partial charge in [-0.1, -0.05) is 39.8 Å². The number of fused-ring (bicyclic) bond motifs is 4. The Morgan fingerprint density at radius 3 is 1.37 bits per heavy atom. The van der Waals surface area contributed by atoms with Crippen LogP contribution in [-0.2, 0) is 16.2 Å². The van der Waals surface area contributed by atoms with Crippen LogP contribution in [0.15, 0.2) is 60.7 Å². The summed E-state index contributed by atoms with van der Waals surface area (Å²) < 4.78 is 13.0. The maximum Gasteiger partial charge on any atom is 0.142 e. The lowest BCUT2D eigenvalue weighted by Gasteiger charge is -2.30. The van der Waals surface area contributed by atoms with E-state index in [0.717, 1.165) is 35.5 Å². The van der Waals surface area contributed by atoms with Crippen LogP contribution in [-0.4, -0.2) is 10.2 Å². The minimum atomic E-state index is -0.238. The zero-order chi connectivity index (χ0) is 29.5. The molecule has 0 saturated heterocycles. The number of aryl methyl sites for hydroxylation is 2. The molecule has 0 saturated carbocycles. The second kappa shape index (κ2) is 8.84. The summed E-state index contributed by atoms with van der Waals surface area (Å²) in [7, 11) is 0. The number of phenolic OH excluding ortho intramolecular Hbond substituents is 2. The molecule has 0 bridgehead atoms. The van der Waals surface area contributed by atoms with Gasteiger partial charge in [-0.25, -0.2) is 0 Å². The van der Waals surface area contributed by atoms with Gasteiger partial charge in [-0.3, -0.25) is 0 Å². The summed E-state index contributed by atoms with van der Waals surface area (Å²) in [6, 6.07) is 18.9. The Morgan fingerprint density at radius 2 is 1.00 bits per heavy atom. The first-order chi connectivity index (χ1) is 19.2. The number of aromatic hydroxyl groups is 2. The molecule has 0 heterocycles. The highest BCUT2D eigenvalue weighted by molar-refractivity contribution is 5.67. The minimum Gasteiger partial charge on any atom is -0.506 e. The molecule has 6 rings (SSSR count). The molecular formula is C35H38N2O4. The lowest BCUT2D eigenvalue weighted by molar-refractivity contribution is 0.345. The van der Waals surface area contributed by atoms with Gasteiger partial charge in [-0.05, 0) is 96.2 Å². The Kier molecular flexibility index (Phi) is 5.79. The van der Waals surface area contributed by atoms with E-state index in [9.17, 15) is 10.2 Å². The average molecular weight is 551 g/mol. The third kappa shape index (κ3) is 4.24. The van der Waals surface area contributed by atoms with E-state index in [1.54, 1.807) is 36.4 Å². The summed E-state index contributed by atoms with van der Waals surface area (Å²) in [6.07, 6.45) is 1.84. The number of rotatable bonds is 4. The van der Waals surface area contributed by atoms with Crippen molar-refractivity contribution in [3.63, 3.8) is 0 Å². The second-order valence-corrected chi connectivity index (χ2v) is 13.2. The average Bonchev–Trinajstić information content (AvgIpc) is 3.23. The second-order valence-electron chi connectivity index (χ2n) is 13.2. The molecule has 1 spiro atoms. The van der Waals surface area contributed by atoms with Crippen LogP contribution in [0.5, 0.6) is 34.5 Å². The zero-order valence-electron chi connectivity index (χ0n) is 24.6. The van der Waals surface area contributed by atoms with E-state index in [4.69, 9.17) is 20.9 Å². The lowest BCUT2D eigenvalue weighted by Crippen LogP contribution is -2.27. The van der Waals surface area contributed by atoms with E-state index in [1.165, 1.54) is 22.3 Å². The molecule has 2 aliphatic rings. The van der Waals surface area contributed by atoms with Gasteiger partial charge in [0.25, 0.3) is 0 Å². The molecule has 2 aliphatic carbocycles. The maximum atomic E-state index is 10.2. The molecule has 0 aliphatic heterocycles. The first-order valence-electron chi connectivity index (χ1n) is 14.0. The topological polar surface area (TPSA) is 111 Å². The van der Waals surface area contributed by atoms with Crippen molar-refractivity contribution in [3.05, 3.63) is 94.0 Å². The van der Waals surface area contributed by atoms with Crippen LogP contribution in [0.2, 0.25) is 0 Å². The summed E-state index contributed by atoms with van der Waals surface area (Å²) in [4.78, 5) is 0. The molecule has 0 radical (unpaired) electrons. The Morgan fingerprint density at radius 1 is 0.610 bits per heavy atom. The van der Waals surface area contributed by atoms with Gasteiger partial charge in [-0.2, -0.15) is 0 Å². The van der Waals surface area contributed by atoms with Crippen molar-refractivity contribution < 1.29 is 19.7 Å². The van der Waals surface area contributed by atoms with Crippen LogP contribution in [0.25, 0.3) is 0 Å². The number of nitrogen functional groups attached to an aromatic ring is 2. The van der Waals surface area contributed by atoms with Crippen LogP contribution in [0.3, 0.4) is 0 Å². The third-order valence-electron chi connectivity index (χ3n) is 8.82. The van der Waals surface area contributed by atoms with Gasteiger partial charge < -0.3 is 31.2 Å². The summed E-state index contributed by atoms with van der Waals surface area (Å²) in [5, 5.41) is 20.4. The summed E-state index contributed by atoms with van der Waals surface area (Å²) in [6.45, 7) is 13.4. The summed E-state index contributed by atoms with van der Waals surface area (Å²) in [5.74, 6) is 2.72. The van der Waals surface area contributed by atoms with E-state index in [1.807, 2.05) is 0 Å². The van der Waals surface area contributed by atoms with Crippen molar-refractivity contribution in [3.8, 4) is 34.5 Å². The van der Waals surface area contributed by atoms with Crippen molar-refractivity contribution in [1.29, 1.82) is 0 Å². The molecule has 4 aromatic carbocycles. The van der Waals surface area contributed by atoms with E-state index in [0.29, 0.717) is 22.9 Å². The molecule has 6 nitrogen and oxygen atoms in total. The lowest BCUT2D eigenvalue weighted by atomic mass is 9.72. The van der Waals surface area contributed by atoms with Crippen molar-refractivity contribution >= 4 is 11.4 Å². The van der Waals surface area contributed by atoms with Crippen molar-refractivity contribution in [2.75, 3.05) is 11.5 Å². The highest BCUT2D eigenvalue weighted by Gasteiger charge is 2.58. The predicted molar refractivity (Wildman–Crippen MR) is 164 cm³/mol. The maximum absolute atomic E-state index is 10.2. The predicted octanol–water partition coefficient (Wildman–Crippen LogP) is 8.11. The van der Waals surface area contributed by atoms with E-state index in [2.05, 4.69) is 65.8 Å². The van der Waals surface area contributed by atoms with Crippen molar-refractivity contribution in [2.24, 2.45) is 0 Å². The molecule has 6 N–H and O–H groups in total. The van der Waals surface area contributed by atoms with E-state index < -0.39 is 0 Å². The van der Waals surface area contributed by atoms with Gasteiger partial charge >= 0.3 is 0 Å². The fourth-order valence-electron chi connectivity index (χ4n) is 7.52. The molecule has 6 heteroatoms. The van der Waals surface area contributed by atoms with Gasteiger partial charge in [0.15, 0.2) is 0 Å². The standard InChI is InChI=1S/C35H38N2O4/c1-19-11-23-31(29(13-19)40-21-7-9-25(36)27(38)15-21)33(3,4)17-35(23)18-34(5,6)32-24(35)12-20(2)14-30(32)41-22-8-10-26(37)28(39)16-22/h7-16,38-39H,17-18,36-37H2,1-6H3. The number of nitrogens with two attached hydrogens (primary N) is 2. The van der Waals surface area contributed by atoms with Gasteiger partial charge in [0.2, 0.25) is 0 Å². The van der Waals surface area contributed by atoms with Crippen molar-refractivity contribution in [1.82, 2.24) is 0 Å².